The second kappa shape index (κ2) is 11.7. The topological polar surface area (TPSA) is 76.7 Å². The molecule has 9 unspecified atom stereocenters. The molecule has 4 saturated carbocycles. The van der Waals surface area contributed by atoms with Crippen LogP contribution in [0.25, 0.3) is 0 Å². The minimum absolute atomic E-state index is 0.113. The summed E-state index contributed by atoms with van der Waals surface area (Å²) in [6.07, 6.45) is 13.4. The van der Waals surface area contributed by atoms with E-state index in [-0.39, 0.29) is 18.2 Å². The van der Waals surface area contributed by atoms with Gasteiger partial charge in [-0.3, -0.25) is 4.79 Å². The Morgan fingerprint density at radius 2 is 1.61 bits per heavy atom. The molecular formula is C32H56N2O4. The van der Waals surface area contributed by atoms with Crippen molar-refractivity contribution in [1.29, 1.82) is 0 Å². The van der Waals surface area contributed by atoms with E-state index in [1.54, 1.807) is 6.92 Å². The van der Waals surface area contributed by atoms with Gasteiger partial charge in [0.05, 0.1) is 0 Å². The van der Waals surface area contributed by atoms with Gasteiger partial charge in [-0.25, -0.2) is 4.79 Å². The SMILES string of the molecule is CC(=O)OC1CCC2(C)C(CCC3C2CCC2(C)C(C(C)NCCCCNC(=O)OC(C)(C)C)CCC32)C1. The number of alkyl carbamates (subject to hydrolysis) is 1. The summed E-state index contributed by atoms with van der Waals surface area (Å²) in [5.74, 6) is 3.93. The summed E-state index contributed by atoms with van der Waals surface area (Å²) in [5.41, 5.74) is 0.428. The third kappa shape index (κ3) is 6.36. The van der Waals surface area contributed by atoms with Crippen LogP contribution in [0.1, 0.15) is 119 Å². The molecule has 2 N–H and O–H groups in total. The molecule has 0 aliphatic heterocycles. The number of nitrogens with one attached hydrogen (secondary N) is 2. The summed E-state index contributed by atoms with van der Waals surface area (Å²) in [6, 6.07) is 0.534. The third-order valence-corrected chi connectivity index (χ3v) is 11.4. The predicted octanol–water partition coefficient (Wildman–Crippen LogP) is 6.86. The molecule has 4 rings (SSSR count). The van der Waals surface area contributed by atoms with E-state index in [9.17, 15) is 9.59 Å². The zero-order valence-electron chi connectivity index (χ0n) is 25.4. The molecule has 218 valence electrons. The van der Waals surface area contributed by atoms with Crippen molar-refractivity contribution in [3.8, 4) is 0 Å². The smallest absolute Gasteiger partial charge is 0.407 e. The van der Waals surface area contributed by atoms with Crippen LogP contribution in [0, 0.1) is 40.4 Å². The van der Waals surface area contributed by atoms with E-state index in [0.29, 0.717) is 29.3 Å². The summed E-state index contributed by atoms with van der Waals surface area (Å²) in [6.45, 7) is 16.5. The van der Waals surface area contributed by atoms with Gasteiger partial charge in [0.2, 0.25) is 0 Å². The maximum Gasteiger partial charge on any atom is 0.407 e. The monoisotopic (exact) mass is 532 g/mol. The molecule has 9 atom stereocenters. The second-order valence-electron chi connectivity index (χ2n) is 14.8. The van der Waals surface area contributed by atoms with E-state index >= 15 is 0 Å². The minimum Gasteiger partial charge on any atom is -0.463 e. The summed E-state index contributed by atoms with van der Waals surface area (Å²) in [7, 11) is 0. The summed E-state index contributed by atoms with van der Waals surface area (Å²) in [4.78, 5) is 23.4. The van der Waals surface area contributed by atoms with Crippen LogP contribution in [0.3, 0.4) is 0 Å². The van der Waals surface area contributed by atoms with Crippen molar-refractivity contribution in [2.24, 2.45) is 40.4 Å². The maximum absolute atomic E-state index is 11.8. The van der Waals surface area contributed by atoms with Crippen molar-refractivity contribution in [2.45, 2.75) is 137 Å². The molecule has 0 radical (unpaired) electrons. The van der Waals surface area contributed by atoms with Crippen LogP contribution in [-0.2, 0) is 14.3 Å². The van der Waals surface area contributed by atoms with Crippen molar-refractivity contribution in [2.75, 3.05) is 13.1 Å². The normalized spacial score (nSPS) is 39.3. The number of carbonyl (C=O) groups is 2. The Labute approximate surface area is 232 Å². The Balaban J connectivity index is 1.25. The van der Waals surface area contributed by atoms with Gasteiger partial charge in [-0.1, -0.05) is 13.8 Å². The number of carbonyl (C=O) groups excluding carboxylic acids is 2. The van der Waals surface area contributed by atoms with Crippen LogP contribution >= 0.6 is 0 Å². The fourth-order valence-corrected chi connectivity index (χ4v) is 9.65. The van der Waals surface area contributed by atoms with E-state index < -0.39 is 5.60 Å². The van der Waals surface area contributed by atoms with E-state index in [4.69, 9.17) is 9.47 Å². The lowest BCUT2D eigenvalue weighted by Crippen LogP contribution is -2.55. The molecule has 0 saturated heterocycles. The van der Waals surface area contributed by atoms with Crippen molar-refractivity contribution in [3.63, 3.8) is 0 Å². The average Bonchev–Trinajstić information content (AvgIpc) is 3.17. The number of rotatable bonds is 8. The molecule has 1 amide bonds. The molecule has 6 nitrogen and oxygen atoms in total. The van der Waals surface area contributed by atoms with Gasteiger partial charge in [0.25, 0.3) is 0 Å². The molecule has 0 spiro atoms. The molecule has 38 heavy (non-hydrogen) atoms. The van der Waals surface area contributed by atoms with Crippen LogP contribution < -0.4 is 10.6 Å². The van der Waals surface area contributed by atoms with Gasteiger partial charge in [-0.05, 0) is 145 Å². The highest BCUT2D eigenvalue weighted by Crippen LogP contribution is 2.67. The lowest BCUT2D eigenvalue weighted by Gasteiger charge is -2.61. The van der Waals surface area contributed by atoms with E-state index in [0.717, 1.165) is 55.9 Å². The Bertz CT molecular complexity index is 840. The van der Waals surface area contributed by atoms with E-state index in [1.807, 2.05) is 20.8 Å². The number of ether oxygens (including phenoxy) is 2. The van der Waals surface area contributed by atoms with Crippen molar-refractivity contribution in [3.05, 3.63) is 0 Å². The highest BCUT2D eigenvalue weighted by Gasteiger charge is 2.60. The van der Waals surface area contributed by atoms with Gasteiger partial charge in [0.15, 0.2) is 0 Å². The van der Waals surface area contributed by atoms with Crippen LogP contribution in [-0.4, -0.2) is 42.9 Å². The number of fused-ring (bicyclic) bond motifs is 5. The second-order valence-corrected chi connectivity index (χ2v) is 14.8. The quantitative estimate of drug-likeness (QED) is 0.264. The lowest BCUT2D eigenvalue weighted by atomic mass is 9.44. The largest absolute Gasteiger partial charge is 0.463 e. The highest BCUT2D eigenvalue weighted by molar-refractivity contribution is 5.67. The van der Waals surface area contributed by atoms with Crippen LogP contribution in [0.4, 0.5) is 4.79 Å². The summed E-state index contributed by atoms with van der Waals surface area (Å²) < 4.78 is 11.0. The zero-order chi connectivity index (χ0) is 27.7. The number of amides is 1. The Morgan fingerprint density at radius 1 is 0.921 bits per heavy atom. The molecule has 4 aliphatic rings. The Morgan fingerprint density at radius 3 is 2.32 bits per heavy atom. The summed E-state index contributed by atoms with van der Waals surface area (Å²) >= 11 is 0. The molecule has 4 aliphatic carbocycles. The van der Waals surface area contributed by atoms with Crippen molar-refractivity contribution >= 4 is 12.1 Å². The first-order chi connectivity index (χ1) is 17.8. The molecule has 0 aromatic heterocycles. The molecule has 0 heterocycles. The first kappa shape index (κ1) is 29.7. The zero-order valence-corrected chi connectivity index (χ0v) is 25.4. The van der Waals surface area contributed by atoms with Gasteiger partial charge < -0.3 is 20.1 Å². The lowest BCUT2D eigenvalue weighted by molar-refractivity contribution is -0.160. The molecule has 0 aromatic rings. The first-order valence-electron chi connectivity index (χ1n) is 15.7. The highest BCUT2D eigenvalue weighted by atomic mass is 16.6. The number of unbranched alkanes of at least 4 members (excludes halogenated alkanes) is 1. The molecule has 0 aromatic carbocycles. The van der Waals surface area contributed by atoms with Crippen molar-refractivity contribution < 1.29 is 19.1 Å². The molecule has 6 heteroatoms. The van der Waals surface area contributed by atoms with Crippen LogP contribution in [0.5, 0.6) is 0 Å². The maximum atomic E-state index is 11.8. The number of hydrogen-bond donors (Lipinski definition) is 2. The molecule has 4 fully saturated rings. The Kier molecular flexibility index (Phi) is 9.11. The van der Waals surface area contributed by atoms with Crippen LogP contribution in [0.15, 0.2) is 0 Å². The van der Waals surface area contributed by atoms with Gasteiger partial charge in [-0.2, -0.15) is 0 Å². The third-order valence-electron chi connectivity index (χ3n) is 11.4. The fourth-order valence-electron chi connectivity index (χ4n) is 9.65. The van der Waals surface area contributed by atoms with E-state index in [1.165, 1.54) is 44.9 Å². The Hall–Kier alpha value is -1.30. The van der Waals surface area contributed by atoms with Gasteiger partial charge in [0, 0.05) is 19.5 Å². The fraction of sp³-hybridized carbons (Fsp3) is 0.938. The van der Waals surface area contributed by atoms with Gasteiger partial charge >= 0.3 is 12.1 Å². The molecule has 0 bridgehead atoms. The van der Waals surface area contributed by atoms with Crippen LogP contribution in [0.2, 0.25) is 0 Å². The summed E-state index contributed by atoms with van der Waals surface area (Å²) in [5, 5.41) is 6.74. The first-order valence-corrected chi connectivity index (χ1v) is 15.7. The van der Waals surface area contributed by atoms with Gasteiger partial charge in [0.1, 0.15) is 11.7 Å². The predicted molar refractivity (Wildman–Crippen MR) is 152 cm³/mol. The van der Waals surface area contributed by atoms with E-state index in [2.05, 4.69) is 31.4 Å². The van der Waals surface area contributed by atoms with Crippen molar-refractivity contribution in [1.82, 2.24) is 10.6 Å². The minimum atomic E-state index is -0.447. The number of hydrogen-bond acceptors (Lipinski definition) is 5. The average molecular weight is 533 g/mol. The number of esters is 1. The molecular weight excluding hydrogens is 476 g/mol. The van der Waals surface area contributed by atoms with Gasteiger partial charge in [-0.15, -0.1) is 0 Å². The standard InChI is InChI=1S/C32H56N2O4/c1-21(33-18-8-9-19-34-29(36)38-30(3,4)5)26-12-13-27-25-11-10-23-20-24(37-22(2)35)14-16-31(23,6)28(25)15-17-32(26,27)7/h21,23-28,33H,8-20H2,1-7H3,(H,34,36).